The highest BCUT2D eigenvalue weighted by Gasteiger charge is 2.22. The van der Waals surface area contributed by atoms with Crippen LogP contribution in [0.5, 0.6) is 0 Å². The van der Waals surface area contributed by atoms with E-state index < -0.39 is 0 Å². The predicted molar refractivity (Wildman–Crippen MR) is 104 cm³/mol. The van der Waals surface area contributed by atoms with E-state index in [1.54, 1.807) is 0 Å². The number of hydrogen-bond donors (Lipinski definition) is 1. The number of carbonyl (C=O) groups excluding carboxylic acids is 1. The van der Waals surface area contributed by atoms with Crippen molar-refractivity contribution in [1.29, 1.82) is 0 Å². The summed E-state index contributed by atoms with van der Waals surface area (Å²) in [4.78, 5) is 14.3. The van der Waals surface area contributed by atoms with Crippen LogP contribution in [0.15, 0.2) is 34.7 Å². The van der Waals surface area contributed by atoms with Crippen molar-refractivity contribution in [1.82, 2.24) is 15.1 Å². The van der Waals surface area contributed by atoms with Crippen molar-refractivity contribution in [3.05, 3.63) is 35.9 Å². The van der Waals surface area contributed by atoms with Gasteiger partial charge in [-0.25, -0.2) is 0 Å². The average Bonchev–Trinajstić information content (AvgIpc) is 3.13. The maximum atomic E-state index is 12.4. The summed E-state index contributed by atoms with van der Waals surface area (Å²) in [5.41, 5.74) is 1.20. The number of aromatic nitrogens is 2. The molecule has 0 aliphatic heterocycles. The topological polar surface area (TPSA) is 58.1 Å². The Hall–Kier alpha value is -1.60. The third-order valence-electron chi connectivity index (χ3n) is 4.53. The lowest BCUT2D eigenvalue weighted by atomic mass is 9.94. The molecule has 25 heavy (non-hydrogen) atoms. The molecule has 0 unspecified atom stereocenters. The first-order valence-electron chi connectivity index (χ1n) is 8.72. The average molecular weight is 377 g/mol. The molecule has 3 rings (SSSR count). The zero-order valence-corrected chi connectivity index (χ0v) is 16.1. The summed E-state index contributed by atoms with van der Waals surface area (Å²) in [6.07, 6.45) is 6.06. The molecule has 1 aromatic heterocycles. The van der Waals surface area contributed by atoms with E-state index in [2.05, 4.69) is 27.6 Å². The molecule has 134 valence electrons. The minimum Gasteiger partial charge on any atom is -0.356 e. The number of carbonyl (C=O) groups is 1. The van der Waals surface area contributed by atoms with Crippen LogP contribution in [0.3, 0.4) is 0 Å². The fourth-order valence-electron chi connectivity index (χ4n) is 3.01. The number of anilines is 1. The van der Waals surface area contributed by atoms with Crippen LogP contribution in [0.4, 0.5) is 5.13 Å². The van der Waals surface area contributed by atoms with Crippen LogP contribution in [0.2, 0.25) is 0 Å². The molecule has 5 nitrogen and oxygen atoms in total. The highest BCUT2D eigenvalue weighted by atomic mass is 32.2. The minimum absolute atomic E-state index is 0.186. The normalized spacial score (nSPS) is 15.1. The lowest BCUT2D eigenvalue weighted by Crippen LogP contribution is -2.39. The SMILES string of the molecule is CN(C(=O)CSc1nnc(NCc2ccccc2)s1)C1CCCCC1. The van der Waals surface area contributed by atoms with Crippen molar-refractivity contribution in [3.63, 3.8) is 0 Å². The molecule has 0 saturated heterocycles. The summed E-state index contributed by atoms with van der Waals surface area (Å²) < 4.78 is 0.834. The van der Waals surface area contributed by atoms with Crippen molar-refractivity contribution < 1.29 is 4.79 Å². The minimum atomic E-state index is 0.186. The Bertz CT molecular complexity index is 671. The summed E-state index contributed by atoms with van der Waals surface area (Å²) in [7, 11) is 1.94. The first kappa shape index (κ1) is 18.2. The van der Waals surface area contributed by atoms with E-state index in [1.165, 1.54) is 47.9 Å². The summed E-state index contributed by atoms with van der Waals surface area (Å²) in [5, 5.41) is 12.4. The molecule has 1 fully saturated rings. The van der Waals surface area contributed by atoms with E-state index >= 15 is 0 Å². The molecule has 1 N–H and O–H groups in total. The lowest BCUT2D eigenvalue weighted by molar-refractivity contribution is -0.129. The van der Waals surface area contributed by atoms with Crippen molar-refractivity contribution in [2.45, 2.75) is 49.0 Å². The molecule has 1 saturated carbocycles. The highest BCUT2D eigenvalue weighted by molar-refractivity contribution is 8.01. The molecule has 1 heterocycles. The third-order valence-corrected chi connectivity index (χ3v) is 6.53. The molecule has 0 spiro atoms. The Kier molecular flexibility index (Phi) is 6.69. The summed E-state index contributed by atoms with van der Waals surface area (Å²) in [6.45, 7) is 0.726. The summed E-state index contributed by atoms with van der Waals surface area (Å²) >= 11 is 2.98. The van der Waals surface area contributed by atoms with E-state index in [1.807, 2.05) is 30.1 Å². The number of thioether (sulfide) groups is 1. The molecule has 1 amide bonds. The molecular formula is C18H24N4OS2. The number of nitrogens with zero attached hydrogens (tertiary/aromatic N) is 3. The van der Waals surface area contributed by atoms with Crippen LogP contribution in [0, 0.1) is 0 Å². The summed E-state index contributed by atoms with van der Waals surface area (Å²) in [6, 6.07) is 10.6. The van der Waals surface area contributed by atoms with Gasteiger partial charge in [-0.1, -0.05) is 72.7 Å². The second-order valence-electron chi connectivity index (χ2n) is 6.30. The van der Waals surface area contributed by atoms with Crippen LogP contribution < -0.4 is 5.32 Å². The van der Waals surface area contributed by atoms with E-state index in [9.17, 15) is 4.79 Å². The maximum Gasteiger partial charge on any atom is 0.233 e. The van der Waals surface area contributed by atoms with Gasteiger partial charge in [0.25, 0.3) is 0 Å². The molecule has 7 heteroatoms. The number of amides is 1. The molecule has 0 atom stereocenters. The molecule has 1 aromatic carbocycles. The Balaban J connectivity index is 1.44. The Morgan fingerprint density at radius 2 is 2.00 bits per heavy atom. The number of nitrogens with one attached hydrogen (secondary N) is 1. The molecule has 2 aromatic rings. The number of hydrogen-bond acceptors (Lipinski definition) is 6. The van der Waals surface area contributed by atoms with Crippen LogP contribution in [0.1, 0.15) is 37.7 Å². The smallest absolute Gasteiger partial charge is 0.233 e. The monoisotopic (exact) mass is 376 g/mol. The number of benzene rings is 1. The Labute approximate surface area is 157 Å². The van der Waals surface area contributed by atoms with E-state index in [-0.39, 0.29) is 5.91 Å². The molecule has 0 bridgehead atoms. The predicted octanol–water partition coefficient (Wildman–Crippen LogP) is 4.03. The fourth-order valence-corrected chi connectivity index (χ4v) is 4.68. The van der Waals surface area contributed by atoms with Gasteiger partial charge in [0.05, 0.1) is 5.75 Å². The molecule has 1 aliphatic carbocycles. The largest absolute Gasteiger partial charge is 0.356 e. The second-order valence-corrected chi connectivity index (χ2v) is 8.50. The van der Waals surface area contributed by atoms with Gasteiger partial charge in [0.15, 0.2) is 4.34 Å². The van der Waals surface area contributed by atoms with Crippen molar-refractivity contribution in [2.24, 2.45) is 0 Å². The maximum absolute atomic E-state index is 12.4. The van der Waals surface area contributed by atoms with E-state index in [0.717, 1.165) is 28.9 Å². The van der Waals surface area contributed by atoms with Gasteiger partial charge in [-0.3, -0.25) is 4.79 Å². The Morgan fingerprint density at radius 3 is 2.76 bits per heavy atom. The first-order valence-corrected chi connectivity index (χ1v) is 10.5. The van der Waals surface area contributed by atoms with Gasteiger partial charge in [-0.15, -0.1) is 10.2 Å². The standard InChI is InChI=1S/C18H24N4OS2/c1-22(15-10-6-3-7-11-15)16(23)13-24-18-21-20-17(25-18)19-12-14-8-4-2-5-9-14/h2,4-5,8-9,15H,3,6-7,10-13H2,1H3,(H,19,20). The lowest BCUT2D eigenvalue weighted by Gasteiger charge is -2.31. The molecule has 1 aliphatic rings. The quantitative estimate of drug-likeness (QED) is 0.739. The summed E-state index contributed by atoms with van der Waals surface area (Å²) in [5.74, 6) is 0.617. The van der Waals surface area contributed by atoms with Gasteiger partial charge in [-0.2, -0.15) is 0 Å². The highest BCUT2D eigenvalue weighted by Crippen LogP contribution is 2.27. The third kappa shape index (κ3) is 5.44. The fraction of sp³-hybridized carbons (Fsp3) is 0.500. The second kappa shape index (κ2) is 9.20. The van der Waals surface area contributed by atoms with Crippen LogP contribution >= 0.6 is 23.1 Å². The zero-order chi connectivity index (χ0) is 17.5. The van der Waals surface area contributed by atoms with Gasteiger partial charge >= 0.3 is 0 Å². The molecular weight excluding hydrogens is 352 g/mol. The van der Waals surface area contributed by atoms with Gasteiger partial charge in [0.2, 0.25) is 11.0 Å². The van der Waals surface area contributed by atoms with Gasteiger partial charge in [0, 0.05) is 19.6 Å². The first-order chi connectivity index (χ1) is 12.2. The Morgan fingerprint density at radius 1 is 1.24 bits per heavy atom. The van der Waals surface area contributed by atoms with E-state index in [4.69, 9.17) is 0 Å². The van der Waals surface area contributed by atoms with Gasteiger partial charge in [0.1, 0.15) is 0 Å². The number of rotatable bonds is 7. The van der Waals surface area contributed by atoms with Gasteiger partial charge < -0.3 is 10.2 Å². The van der Waals surface area contributed by atoms with Crippen molar-refractivity contribution in [2.75, 3.05) is 18.1 Å². The van der Waals surface area contributed by atoms with E-state index in [0.29, 0.717) is 11.8 Å². The van der Waals surface area contributed by atoms with Crippen LogP contribution in [-0.2, 0) is 11.3 Å². The van der Waals surface area contributed by atoms with Crippen molar-refractivity contribution in [3.8, 4) is 0 Å². The van der Waals surface area contributed by atoms with Crippen LogP contribution in [-0.4, -0.2) is 39.8 Å². The van der Waals surface area contributed by atoms with Crippen molar-refractivity contribution >= 4 is 34.1 Å². The zero-order valence-electron chi connectivity index (χ0n) is 14.5. The van der Waals surface area contributed by atoms with Crippen LogP contribution in [0.25, 0.3) is 0 Å². The van der Waals surface area contributed by atoms with Gasteiger partial charge in [-0.05, 0) is 18.4 Å². The molecule has 0 radical (unpaired) electrons.